The van der Waals surface area contributed by atoms with E-state index >= 15 is 0 Å². The Morgan fingerprint density at radius 1 is 1.54 bits per heavy atom. The van der Waals surface area contributed by atoms with E-state index in [0.717, 1.165) is 42.7 Å². The first-order valence-corrected chi connectivity index (χ1v) is 8.28. The van der Waals surface area contributed by atoms with Crippen LogP contribution in [-0.2, 0) is 6.54 Å². The first kappa shape index (κ1) is 16.6. The minimum absolute atomic E-state index is 0.283. The third-order valence-electron chi connectivity index (χ3n) is 3.90. The summed E-state index contributed by atoms with van der Waals surface area (Å²) in [6.45, 7) is 4.19. The largest absolute Gasteiger partial charge is 0.359 e. The van der Waals surface area contributed by atoms with E-state index in [1.54, 1.807) is 13.2 Å². The molecule has 1 unspecified atom stereocenters. The highest BCUT2D eigenvalue weighted by atomic mass is 35.5. The Hall–Kier alpha value is -2.28. The van der Waals surface area contributed by atoms with E-state index in [9.17, 15) is 0 Å². The van der Waals surface area contributed by atoms with Crippen LogP contribution in [0.3, 0.4) is 0 Å². The summed E-state index contributed by atoms with van der Waals surface area (Å²) in [5.41, 5.74) is 0.869. The molecule has 1 saturated heterocycles. The summed E-state index contributed by atoms with van der Waals surface area (Å²) in [7, 11) is 1.75. The van der Waals surface area contributed by atoms with Gasteiger partial charge in [-0.15, -0.1) is 0 Å². The van der Waals surface area contributed by atoms with Crippen LogP contribution in [0.2, 0.25) is 5.02 Å². The molecule has 3 rings (SSSR count). The molecule has 0 aliphatic carbocycles. The van der Waals surface area contributed by atoms with Gasteiger partial charge in [0.1, 0.15) is 5.82 Å². The Labute approximate surface area is 146 Å². The van der Waals surface area contributed by atoms with E-state index in [2.05, 4.69) is 30.7 Å². The molecule has 24 heavy (non-hydrogen) atoms. The number of aromatic nitrogens is 2. The van der Waals surface area contributed by atoms with Gasteiger partial charge in [-0.1, -0.05) is 16.8 Å². The molecule has 1 aliphatic rings. The standard InChI is InChI=1S/C16H21ClN6O/c1-11-8-13(24-22-11)9-20-16(18-2)21-12-5-7-23(10-12)15-14(17)4-3-6-19-15/h3-4,6,8,12H,5,7,9-10H2,1-2H3,(H2,18,20,21). The highest BCUT2D eigenvalue weighted by Crippen LogP contribution is 2.25. The summed E-state index contributed by atoms with van der Waals surface area (Å²) < 4.78 is 5.19. The van der Waals surface area contributed by atoms with Gasteiger partial charge in [0.25, 0.3) is 0 Å². The molecule has 128 valence electrons. The second-order valence-electron chi connectivity index (χ2n) is 5.75. The van der Waals surface area contributed by atoms with Crippen molar-refractivity contribution in [1.82, 2.24) is 20.8 Å². The number of hydrogen-bond donors (Lipinski definition) is 2. The molecule has 1 fully saturated rings. The topological polar surface area (TPSA) is 78.6 Å². The quantitative estimate of drug-likeness (QED) is 0.649. The van der Waals surface area contributed by atoms with Gasteiger partial charge >= 0.3 is 0 Å². The monoisotopic (exact) mass is 348 g/mol. The lowest BCUT2D eigenvalue weighted by Crippen LogP contribution is -2.44. The molecule has 0 saturated carbocycles. The minimum Gasteiger partial charge on any atom is -0.359 e. The number of aryl methyl sites for hydroxylation is 1. The summed E-state index contributed by atoms with van der Waals surface area (Å²) in [4.78, 5) is 10.8. The summed E-state index contributed by atoms with van der Waals surface area (Å²) >= 11 is 6.23. The predicted octanol–water partition coefficient (Wildman–Crippen LogP) is 1.98. The zero-order valence-corrected chi connectivity index (χ0v) is 14.5. The molecule has 8 heteroatoms. The lowest BCUT2D eigenvalue weighted by Gasteiger charge is -2.20. The number of pyridine rings is 1. The van der Waals surface area contributed by atoms with Crippen LogP contribution in [0.25, 0.3) is 0 Å². The van der Waals surface area contributed by atoms with Crippen LogP contribution in [-0.4, -0.2) is 42.3 Å². The first-order valence-electron chi connectivity index (χ1n) is 7.90. The summed E-state index contributed by atoms with van der Waals surface area (Å²) in [6.07, 6.45) is 2.76. The van der Waals surface area contributed by atoms with Crippen molar-refractivity contribution in [3.63, 3.8) is 0 Å². The van der Waals surface area contributed by atoms with Gasteiger partial charge in [-0.2, -0.15) is 0 Å². The highest BCUT2D eigenvalue weighted by Gasteiger charge is 2.25. The number of anilines is 1. The molecule has 0 radical (unpaired) electrons. The van der Waals surface area contributed by atoms with Crippen LogP contribution in [0.1, 0.15) is 17.9 Å². The molecule has 2 aromatic heterocycles. The maximum Gasteiger partial charge on any atom is 0.191 e. The van der Waals surface area contributed by atoms with Crippen molar-refractivity contribution in [3.05, 3.63) is 40.9 Å². The van der Waals surface area contributed by atoms with Crippen molar-refractivity contribution in [2.75, 3.05) is 25.0 Å². The summed E-state index contributed by atoms with van der Waals surface area (Å²) in [5, 5.41) is 11.2. The number of rotatable bonds is 4. The Balaban J connectivity index is 1.53. The Kier molecular flexibility index (Phi) is 5.20. The number of aliphatic imine (C=N–C) groups is 1. The number of guanidine groups is 1. The second-order valence-corrected chi connectivity index (χ2v) is 6.15. The molecule has 0 amide bonds. The number of nitrogens with one attached hydrogen (secondary N) is 2. The van der Waals surface area contributed by atoms with E-state index in [-0.39, 0.29) is 6.04 Å². The number of nitrogens with zero attached hydrogens (tertiary/aromatic N) is 4. The Bertz CT molecular complexity index is 716. The molecule has 0 spiro atoms. The van der Waals surface area contributed by atoms with Gasteiger partial charge in [0, 0.05) is 38.4 Å². The van der Waals surface area contributed by atoms with Crippen LogP contribution in [0.15, 0.2) is 33.9 Å². The molecule has 3 heterocycles. The van der Waals surface area contributed by atoms with Gasteiger partial charge < -0.3 is 20.1 Å². The number of hydrogen-bond acceptors (Lipinski definition) is 5. The third kappa shape index (κ3) is 3.97. The van der Waals surface area contributed by atoms with E-state index in [0.29, 0.717) is 11.6 Å². The molecule has 7 nitrogen and oxygen atoms in total. The number of halogens is 1. The fourth-order valence-corrected chi connectivity index (χ4v) is 2.98. The van der Waals surface area contributed by atoms with E-state index in [4.69, 9.17) is 16.1 Å². The maximum absolute atomic E-state index is 6.23. The first-order chi connectivity index (χ1) is 11.7. The van der Waals surface area contributed by atoms with Crippen molar-refractivity contribution < 1.29 is 4.52 Å². The van der Waals surface area contributed by atoms with Crippen LogP contribution < -0.4 is 15.5 Å². The Morgan fingerprint density at radius 3 is 3.12 bits per heavy atom. The Morgan fingerprint density at radius 2 is 2.42 bits per heavy atom. The van der Waals surface area contributed by atoms with Crippen molar-refractivity contribution in [2.45, 2.75) is 25.9 Å². The molecule has 1 atom stereocenters. The lowest BCUT2D eigenvalue weighted by atomic mass is 10.3. The smallest absolute Gasteiger partial charge is 0.191 e. The minimum atomic E-state index is 0.283. The molecular formula is C16H21ClN6O. The zero-order valence-electron chi connectivity index (χ0n) is 13.8. The van der Waals surface area contributed by atoms with E-state index < -0.39 is 0 Å². The van der Waals surface area contributed by atoms with Crippen molar-refractivity contribution >= 4 is 23.4 Å². The fraction of sp³-hybridized carbons (Fsp3) is 0.438. The average molecular weight is 349 g/mol. The van der Waals surface area contributed by atoms with Crippen LogP contribution in [0, 0.1) is 6.92 Å². The van der Waals surface area contributed by atoms with Gasteiger partial charge in [0.05, 0.1) is 17.3 Å². The zero-order chi connectivity index (χ0) is 16.9. The van der Waals surface area contributed by atoms with Gasteiger partial charge in [-0.05, 0) is 25.5 Å². The molecule has 0 aromatic carbocycles. The predicted molar refractivity (Wildman–Crippen MR) is 94.4 cm³/mol. The van der Waals surface area contributed by atoms with Crippen LogP contribution >= 0.6 is 11.6 Å². The third-order valence-corrected chi connectivity index (χ3v) is 4.19. The highest BCUT2D eigenvalue weighted by molar-refractivity contribution is 6.32. The van der Waals surface area contributed by atoms with Gasteiger partial charge in [-0.25, -0.2) is 4.98 Å². The summed E-state index contributed by atoms with van der Waals surface area (Å²) in [5.74, 6) is 2.36. The molecular weight excluding hydrogens is 328 g/mol. The summed E-state index contributed by atoms with van der Waals surface area (Å²) in [6, 6.07) is 5.89. The van der Waals surface area contributed by atoms with Gasteiger partial charge in [-0.3, -0.25) is 4.99 Å². The average Bonchev–Trinajstić information content (AvgIpc) is 3.21. The second kappa shape index (κ2) is 7.53. The molecule has 0 bridgehead atoms. The van der Waals surface area contributed by atoms with Crippen molar-refractivity contribution in [3.8, 4) is 0 Å². The van der Waals surface area contributed by atoms with Crippen molar-refractivity contribution in [1.29, 1.82) is 0 Å². The van der Waals surface area contributed by atoms with Crippen LogP contribution in [0.4, 0.5) is 5.82 Å². The maximum atomic E-state index is 6.23. The van der Waals surface area contributed by atoms with E-state index in [1.807, 2.05) is 25.1 Å². The normalized spacial score (nSPS) is 18.0. The van der Waals surface area contributed by atoms with Crippen LogP contribution in [0.5, 0.6) is 0 Å². The van der Waals surface area contributed by atoms with E-state index in [1.165, 1.54) is 0 Å². The molecule has 2 aromatic rings. The molecule has 2 N–H and O–H groups in total. The molecule has 1 aliphatic heterocycles. The lowest BCUT2D eigenvalue weighted by molar-refractivity contribution is 0.376. The van der Waals surface area contributed by atoms with Gasteiger partial charge in [0.15, 0.2) is 11.7 Å². The SMILES string of the molecule is CN=C(NCc1cc(C)no1)NC1CCN(c2ncccc2Cl)C1. The van der Waals surface area contributed by atoms with Gasteiger partial charge in [0.2, 0.25) is 0 Å². The van der Waals surface area contributed by atoms with Crippen molar-refractivity contribution in [2.24, 2.45) is 4.99 Å². The fourth-order valence-electron chi connectivity index (χ4n) is 2.74.